The van der Waals surface area contributed by atoms with E-state index in [2.05, 4.69) is 10.2 Å². The third-order valence-electron chi connectivity index (χ3n) is 5.44. The van der Waals surface area contributed by atoms with Crippen LogP contribution in [0.1, 0.15) is 22.2 Å². The number of aliphatic hydroxyl groups is 1. The number of hydrogen-bond acceptors (Lipinski definition) is 7. The van der Waals surface area contributed by atoms with Crippen LogP contribution in [0.3, 0.4) is 0 Å². The molecule has 0 radical (unpaired) electrons. The number of carbonyl (C=O) groups is 2. The molecule has 7 nitrogen and oxygen atoms in total. The average molecular weight is 504 g/mol. The molecule has 1 fully saturated rings. The van der Waals surface area contributed by atoms with Gasteiger partial charge in [-0.1, -0.05) is 53.3 Å². The van der Waals surface area contributed by atoms with Gasteiger partial charge in [0.2, 0.25) is 5.13 Å². The van der Waals surface area contributed by atoms with Gasteiger partial charge in [-0.2, -0.15) is 0 Å². The molecule has 1 atom stereocenters. The molecule has 1 amide bonds. The topological polar surface area (TPSA) is 92.6 Å². The molecule has 35 heavy (non-hydrogen) atoms. The summed E-state index contributed by atoms with van der Waals surface area (Å²) in [7, 11) is 0. The van der Waals surface area contributed by atoms with Gasteiger partial charge in [0.1, 0.15) is 22.3 Å². The molecule has 1 N–H and O–H groups in total. The summed E-state index contributed by atoms with van der Waals surface area (Å²) in [6.45, 7) is 1.76. The molecule has 0 spiro atoms. The van der Waals surface area contributed by atoms with Crippen molar-refractivity contribution in [3.8, 4) is 11.5 Å². The number of nitrogens with zero attached hydrogens (tertiary/aromatic N) is 3. The fourth-order valence-electron chi connectivity index (χ4n) is 3.86. The number of Topliss-reactive ketones (excluding diaryl/α,β-unsaturated/α-hetero) is 1. The molecule has 1 saturated heterocycles. The first kappa shape index (κ1) is 22.8. The van der Waals surface area contributed by atoms with Crippen LogP contribution in [0.25, 0.3) is 5.76 Å². The van der Waals surface area contributed by atoms with Gasteiger partial charge in [-0.05, 0) is 61.0 Å². The van der Waals surface area contributed by atoms with Gasteiger partial charge in [0.15, 0.2) is 0 Å². The van der Waals surface area contributed by atoms with Crippen molar-refractivity contribution < 1.29 is 19.4 Å². The van der Waals surface area contributed by atoms with Gasteiger partial charge in [0.05, 0.1) is 11.6 Å². The highest BCUT2D eigenvalue weighted by atomic mass is 35.5. The predicted octanol–water partition coefficient (Wildman–Crippen LogP) is 5.92. The lowest BCUT2D eigenvalue weighted by molar-refractivity contribution is -0.132. The van der Waals surface area contributed by atoms with Crippen LogP contribution >= 0.6 is 22.9 Å². The van der Waals surface area contributed by atoms with E-state index < -0.39 is 17.7 Å². The maximum absolute atomic E-state index is 13.2. The van der Waals surface area contributed by atoms with Crippen LogP contribution in [0.4, 0.5) is 5.13 Å². The average Bonchev–Trinajstić information content (AvgIpc) is 3.40. The summed E-state index contributed by atoms with van der Waals surface area (Å²) in [5.74, 6) is -0.761. The van der Waals surface area contributed by atoms with Crippen LogP contribution in [0, 0.1) is 6.92 Å². The molecule has 2 heterocycles. The van der Waals surface area contributed by atoms with Gasteiger partial charge in [0.25, 0.3) is 5.78 Å². The summed E-state index contributed by atoms with van der Waals surface area (Å²) < 4.78 is 5.96. The number of aliphatic hydroxyl groups excluding tert-OH is 1. The van der Waals surface area contributed by atoms with Crippen molar-refractivity contribution in [1.29, 1.82) is 0 Å². The van der Waals surface area contributed by atoms with E-state index in [4.69, 9.17) is 16.3 Å². The van der Waals surface area contributed by atoms with E-state index in [1.54, 1.807) is 55.5 Å². The molecule has 1 aliphatic heterocycles. The number of ether oxygens (including phenoxy) is 1. The summed E-state index contributed by atoms with van der Waals surface area (Å²) in [5.41, 5.74) is 0.880. The van der Waals surface area contributed by atoms with Gasteiger partial charge >= 0.3 is 5.91 Å². The monoisotopic (exact) mass is 503 g/mol. The summed E-state index contributed by atoms with van der Waals surface area (Å²) in [6, 6.07) is 21.7. The number of carbonyl (C=O) groups excluding carboxylic acids is 2. The molecule has 9 heteroatoms. The van der Waals surface area contributed by atoms with Crippen LogP contribution in [-0.2, 0) is 9.59 Å². The number of benzene rings is 3. The Morgan fingerprint density at radius 3 is 2.37 bits per heavy atom. The van der Waals surface area contributed by atoms with E-state index in [1.807, 2.05) is 30.3 Å². The van der Waals surface area contributed by atoms with E-state index in [9.17, 15) is 14.7 Å². The Morgan fingerprint density at radius 1 is 0.971 bits per heavy atom. The standard InChI is InChI=1S/C26H18ClN3O4S/c1-15-28-29-26(35-15)30-22(17-6-5-9-20(14-17)34-19-7-3-2-4-8-19)21(24(32)25(30)33)23(31)16-10-12-18(27)13-11-16/h2-14,22,31H,1H3/t22-/m0/s1. The maximum Gasteiger partial charge on any atom is 0.301 e. The molecular weight excluding hydrogens is 486 g/mol. The molecule has 0 aliphatic carbocycles. The van der Waals surface area contributed by atoms with E-state index >= 15 is 0 Å². The quantitative estimate of drug-likeness (QED) is 0.206. The zero-order chi connectivity index (χ0) is 24.5. The first-order chi connectivity index (χ1) is 16.9. The van der Waals surface area contributed by atoms with Crippen molar-refractivity contribution in [2.45, 2.75) is 13.0 Å². The molecule has 0 bridgehead atoms. The molecule has 0 unspecified atom stereocenters. The zero-order valence-corrected chi connectivity index (χ0v) is 20.0. The molecule has 1 aromatic heterocycles. The van der Waals surface area contributed by atoms with E-state index in [1.165, 1.54) is 16.2 Å². The number of ketones is 1. The number of rotatable bonds is 5. The zero-order valence-electron chi connectivity index (χ0n) is 18.4. The lowest BCUT2D eigenvalue weighted by Crippen LogP contribution is -2.29. The predicted molar refractivity (Wildman–Crippen MR) is 134 cm³/mol. The van der Waals surface area contributed by atoms with Crippen molar-refractivity contribution in [3.63, 3.8) is 0 Å². The Labute approximate surface area is 209 Å². The largest absolute Gasteiger partial charge is 0.507 e. The second kappa shape index (κ2) is 9.32. The minimum Gasteiger partial charge on any atom is -0.507 e. The van der Waals surface area contributed by atoms with Crippen LogP contribution in [0.2, 0.25) is 5.02 Å². The number of halogens is 1. The van der Waals surface area contributed by atoms with E-state index in [-0.39, 0.29) is 16.5 Å². The molecule has 1 aliphatic rings. The smallest absolute Gasteiger partial charge is 0.301 e. The number of aromatic nitrogens is 2. The third-order valence-corrected chi connectivity index (χ3v) is 6.53. The summed E-state index contributed by atoms with van der Waals surface area (Å²) in [6.07, 6.45) is 0. The molecular formula is C26H18ClN3O4S. The number of hydrogen-bond donors (Lipinski definition) is 1. The van der Waals surface area contributed by atoms with Crippen LogP contribution in [-0.4, -0.2) is 27.0 Å². The third kappa shape index (κ3) is 4.41. The van der Waals surface area contributed by atoms with Crippen molar-refractivity contribution >= 4 is 45.5 Å². The van der Waals surface area contributed by atoms with Gasteiger partial charge in [0, 0.05) is 10.6 Å². The van der Waals surface area contributed by atoms with Gasteiger partial charge in [-0.3, -0.25) is 14.5 Å². The Hall–Kier alpha value is -4.01. The summed E-state index contributed by atoms with van der Waals surface area (Å²) >= 11 is 7.17. The number of anilines is 1. The highest BCUT2D eigenvalue weighted by Crippen LogP contribution is 2.43. The fourth-order valence-corrected chi connectivity index (χ4v) is 4.70. The van der Waals surface area contributed by atoms with Crippen molar-refractivity contribution in [2.75, 3.05) is 4.90 Å². The second-order valence-electron chi connectivity index (χ2n) is 7.77. The first-order valence-electron chi connectivity index (χ1n) is 10.6. The Morgan fingerprint density at radius 2 is 1.69 bits per heavy atom. The lowest BCUT2D eigenvalue weighted by atomic mass is 9.95. The normalized spacial score (nSPS) is 17.1. The van der Waals surface area contributed by atoms with Gasteiger partial charge in [-0.15, -0.1) is 10.2 Å². The number of para-hydroxylation sites is 1. The second-order valence-corrected chi connectivity index (χ2v) is 9.36. The minimum atomic E-state index is -0.933. The van der Waals surface area contributed by atoms with Crippen molar-refractivity contribution in [3.05, 3.63) is 106 Å². The lowest BCUT2D eigenvalue weighted by Gasteiger charge is -2.23. The van der Waals surface area contributed by atoms with Crippen LogP contribution in [0.15, 0.2) is 84.4 Å². The maximum atomic E-state index is 13.2. The molecule has 0 saturated carbocycles. The Bertz CT molecular complexity index is 1450. The van der Waals surface area contributed by atoms with Gasteiger partial charge in [-0.25, -0.2) is 0 Å². The highest BCUT2D eigenvalue weighted by Gasteiger charge is 2.48. The van der Waals surface area contributed by atoms with Crippen LogP contribution in [0.5, 0.6) is 11.5 Å². The van der Waals surface area contributed by atoms with E-state index in [0.717, 1.165) is 0 Å². The molecule has 3 aromatic carbocycles. The van der Waals surface area contributed by atoms with E-state index in [0.29, 0.717) is 32.7 Å². The fraction of sp³-hybridized carbons (Fsp3) is 0.0769. The number of aryl methyl sites for hydroxylation is 1. The van der Waals surface area contributed by atoms with Crippen LogP contribution < -0.4 is 9.64 Å². The van der Waals surface area contributed by atoms with Gasteiger partial charge < -0.3 is 9.84 Å². The van der Waals surface area contributed by atoms with Crippen molar-refractivity contribution in [2.24, 2.45) is 0 Å². The SMILES string of the molecule is Cc1nnc(N2C(=O)C(=O)C(=C(O)c3ccc(Cl)cc3)[C@@H]2c2cccc(Oc3ccccc3)c2)s1. The first-order valence-corrected chi connectivity index (χ1v) is 11.8. The Balaban J connectivity index is 1.65. The molecule has 174 valence electrons. The van der Waals surface area contributed by atoms with Crippen molar-refractivity contribution in [1.82, 2.24) is 10.2 Å². The molecule has 4 aromatic rings. The Kier molecular flexibility index (Phi) is 6.07. The molecule has 5 rings (SSSR count). The minimum absolute atomic E-state index is 0.0537. The highest BCUT2D eigenvalue weighted by molar-refractivity contribution is 7.15. The summed E-state index contributed by atoms with van der Waals surface area (Å²) in [5, 5.41) is 20.7. The summed E-state index contributed by atoms with van der Waals surface area (Å²) in [4.78, 5) is 27.7. The number of amides is 1.